The average Bonchev–Trinajstić information content (AvgIpc) is 2.78. The van der Waals surface area contributed by atoms with Crippen LogP contribution < -0.4 is 15.0 Å². The first-order valence-corrected chi connectivity index (χ1v) is 9.78. The molecule has 30 heavy (non-hydrogen) atoms. The summed E-state index contributed by atoms with van der Waals surface area (Å²) >= 11 is 0. The fraction of sp³-hybridized carbons (Fsp3) is 0.167. The molecule has 0 aromatic heterocycles. The van der Waals surface area contributed by atoms with Gasteiger partial charge in [0.05, 0.1) is 0 Å². The van der Waals surface area contributed by atoms with Crippen LogP contribution in [0.15, 0.2) is 72.8 Å². The van der Waals surface area contributed by atoms with E-state index in [0.717, 1.165) is 24.1 Å². The first-order valence-electron chi connectivity index (χ1n) is 9.78. The first-order chi connectivity index (χ1) is 14.6. The van der Waals surface area contributed by atoms with Crippen molar-refractivity contribution in [3.63, 3.8) is 0 Å². The number of hydrogen-bond acceptors (Lipinski definition) is 3. The molecule has 5 nitrogen and oxygen atoms in total. The summed E-state index contributed by atoms with van der Waals surface area (Å²) in [5.74, 6) is -0.277. The Morgan fingerprint density at radius 1 is 1.00 bits per heavy atom. The van der Waals surface area contributed by atoms with Gasteiger partial charge in [0.1, 0.15) is 11.6 Å². The van der Waals surface area contributed by atoms with Crippen molar-refractivity contribution in [1.29, 1.82) is 0 Å². The van der Waals surface area contributed by atoms with E-state index < -0.39 is 0 Å². The molecule has 1 aliphatic heterocycles. The van der Waals surface area contributed by atoms with Crippen molar-refractivity contribution >= 4 is 23.2 Å². The van der Waals surface area contributed by atoms with E-state index in [2.05, 4.69) is 5.32 Å². The number of nitrogens with zero attached hydrogens (tertiary/aromatic N) is 1. The molecule has 1 heterocycles. The molecule has 0 atom stereocenters. The summed E-state index contributed by atoms with van der Waals surface area (Å²) in [4.78, 5) is 26.9. The van der Waals surface area contributed by atoms with Crippen molar-refractivity contribution in [1.82, 2.24) is 0 Å². The van der Waals surface area contributed by atoms with Crippen molar-refractivity contribution in [2.45, 2.75) is 12.8 Å². The second kappa shape index (κ2) is 8.78. The smallest absolute Gasteiger partial charge is 0.262 e. The SMILES string of the molecule is O=C(COc1ccc(F)cc1)Nc1ccc2c(c1)CCCN2C(=O)c1ccccc1. The zero-order valence-corrected chi connectivity index (χ0v) is 16.3. The van der Waals surface area contributed by atoms with Crippen molar-refractivity contribution < 1.29 is 18.7 Å². The molecule has 1 N–H and O–H groups in total. The maximum absolute atomic E-state index is 12.9. The maximum Gasteiger partial charge on any atom is 0.262 e. The Hall–Kier alpha value is -3.67. The third-order valence-corrected chi connectivity index (χ3v) is 4.93. The van der Waals surface area contributed by atoms with Gasteiger partial charge >= 0.3 is 0 Å². The number of nitrogens with one attached hydrogen (secondary N) is 1. The summed E-state index contributed by atoms with van der Waals surface area (Å²) in [6.45, 7) is 0.485. The Kier molecular flexibility index (Phi) is 5.75. The van der Waals surface area contributed by atoms with Gasteiger partial charge in [-0.2, -0.15) is 0 Å². The van der Waals surface area contributed by atoms with Gasteiger partial charge in [-0.25, -0.2) is 4.39 Å². The minimum absolute atomic E-state index is 0.0268. The minimum Gasteiger partial charge on any atom is -0.484 e. The van der Waals surface area contributed by atoms with Gasteiger partial charge in [-0.15, -0.1) is 0 Å². The predicted molar refractivity (Wildman–Crippen MR) is 113 cm³/mol. The van der Waals surface area contributed by atoms with Gasteiger partial charge in [0.15, 0.2) is 6.61 Å². The predicted octanol–water partition coefficient (Wildman–Crippen LogP) is 4.44. The summed E-state index contributed by atoms with van der Waals surface area (Å²) in [6, 6.07) is 20.3. The zero-order chi connectivity index (χ0) is 20.9. The fourth-order valence-electron chi connectivity index (χ4n) is 3.50. The van der Waals surface area contributed by atoms with Crippen LogP contribution in [-0.2, 0) is 11.2 Å². The Bertz CT molecular complexity index is 1050. The molecule has 0 fully saturated rings. The molecule has 4 rings (SSSR count). The van der Waals surface area contributed by atoms with Crippen molar-refractivity contribution in [2.75, 3.05) is 23.4 Å². The number of ether oxygens (including phenoxy) is 1. The van der Waals surface area contributed by atoms with Gasteiger partial charge < -0.3 is 15.0 Å². The lowest BCUT2D eigenvalue weighted by Crippen LogP contribution is -2.35. The number of halogens is 1. The van der Waals surface area contributed by atoms with E-state index in [-0.39, 0.29) is 24.2 Å². The third-order valence-electron chi connectivity index (χ3n) is 4.93. The van der Waals surface area contributed by atoms with Gasteiger partial charge in [-0.1, -0.05) is 18.2 Å². The Labute approximate surface area is 174 Å². The van der Waals surface area contributed by atoms with Gasteiger partial charge in [-0.3, -0.25) is 9.59 Å². The number of aryl methyl sites for hydroxylation is 1. The Balaban J connectivity index is 1.42. The van der Waals surface area contributed by atoms with Crippen LogP contribution in [0.2, 0.25) is 0 Å². The molecule has 0 aliphatic carbocycles. The summed E-state index contributed by atoms with van der Waals surface area (Å²) < 4.78 is 18.3. The third kappa shape index (κ3) is 4.49. The number of carbonyl (C=O) groups is 2. The summed E-state index contributed by atoms with van der Waals surface area (Å²) in [5, 5.41) is 2.81. The molecule has 0 radical (unpaired) electrons. The number of anilines is 2. The highest BCUT2D eigenvalue weighted by atomic mass is 19.1. The normalized spacial score (nSPS) is 12.8. The maximum atomic E-state index is 12.9. The van der Waals surface area contributed by atoms with Crippen molar-refractivity contribution in [3.8, 4) is 5.75 Å². The van der Waals surface area contributed by atoms with E-state index in [4.69, 9.17) is 4.74 Å². The van der Waals surface area contributed by atoms with E-state index in [1.165, 1.54) is 24.3 Å². The molecule has 0 bridgehead atoms. The summed E-state index contributed by atoms with van der Waals surface area (Å²) in [5.41, 5.74) is 3.19. The largest absolute Gasteiger partial charge is 0.484 e. The Morgan fingerprint density at radius 3 is 2.53 bits per heavy atom. The zero-order valence-electron chi connectivity index (χ0n) is 16.3. The number of rotatable bonds is 5. The molecular formula is C24H21FN2O3. The number of carbonyl (C=O) groups excluding carboxylic acids is 2. The van der Waals surface area contributed by atoms with Gasteiger partial charge in [0.2, 0.25) is 0 Å². The second-order valence-electron chi connectivity index (χ2n) is 7.06. The van der Waals surface area contributed by atoms with Gasteiger partial charge in [-0.05, 0) is 73.0 Å². The molecule has 152 valence electrons. The molecule has 3 aromatic rings. The highest BCUT2D eigenvalue weighted by Crippen LogP contribution is 2.31. The summed E-state index contributed by atoms with van der Waals surface area (Å²) in [7, 11) is 0. The molecule has 2 amide bonds. The number of amides is 2. The van der Waals surface area contributed by atoms with Crippen LogP contribution in [0.3, 0.4) is 0 Å². The first kappa shape index (κ1) is 19.6. The van der Waals surface area contributed by atoms with Crippen LogP contribution in [-0.4, -0.2) is 25.0 Å². The quantitative estimate of drug-likeness (QED) is 0.684. The lowest BCUT2D eigenvalue weighted by Gasteiger charge is -2.30. The van der Waals surface area contributed by atoms with Crippen molar-refractivity contribution in [2.24, 2.45) is 0 Å². The second-order valence-corrected chi connectivity index (χ2v) is 7.06. The van der Waals surface area contributed by atoms with E-state index in [1.807, 2.05) is 42.5 Å². The van der Waals surface area contributed by atoms with E-state index in [9.17, 15) is 14.0 Å². The van der Waals surface area contributed by atoms with Crippen LogP contribution in [0.25, 0.3) is 0 Å². The van der Waals surface area contributed by atoms with Crippen LogP contribution in [0.4, 0.5) is 15.8 Å². The molecule has 0 unspecified atom stereocenters. The number of fused-ring (bicyclic) bond motifs is 1. The van der Waals surface area contributed by atoms with E-state index >= 15 is 0 Å². The molecule has 0 saturated carbocycles. The monoisotopic (exact) mass is 404 g/mol. The van der Waals surface area contributed by atoms with E-state index in [0.29, 0.717) is 23.5 Å². The average molecular weight is 404 g/mol. The van der Waals surface area contributed by atoms with Gasteiger partial charge in [0.25, 0.3) is 11.8 Å². The number of hydrogen-bond donors (Lipinski definition) is 1. The van der Waals surface area contributed by atoms with Crippen LogP contribution >= 0.6 is 0 Å². The Morgan fingerprint density at radius 2 is 1.77 bits per heavy atom. The van der Waals surface area contributed by atoms with Crippen LogP contribution in [0.5, 0.6) is 5.75 Å². The highest BCUT2D eigenvalue weighted by molar-refractivity contribution is 6.07. The standard InChI is InChI=1S/C24H21FN2O3/c25-19-8-11-21(12-9-19)30-16-23(28)26-20-10-13-22-18(15-20)7-4-14-27(22)24(29)17-5-2-1-3-6-17/h1-3,5-6,8-13,15H,4,7,14,16H2,(H,26,28). The molecule has 0 spiro atoms. The van der Waals surface area contributed by atoms with E-state index in [1.54, 1.807) is 11.0 Å². The molecule has 3 aromatic carbocycles. The molecular weight excluding hydrogens is 383 g/mol. The lowest BCUT2D eigenvalue weighted by atomic mass is 10.00. The topological polar surface area (TPSA) is 58.6 Å². The molecule has 1 aliphatic rings. The number of benzene rings is 3. The molecule has 6 heteroatoms. The minimum atomic E-state index is -0.361. The fourth-order valence-corrected chi connectivity index (χ4v) is 3.50. The summed E-state index contributed by atoms with van der Waals surface area (Å²) in [6.07, 6.45) is 1.69. The van der Waals surface area contributed by atoms with Gasteiger partial charge in [0, 0.05) is 23.5 Å². The molecule has 0 saturated heterocycles. The van der Waals surface area contributed by atoms with Crippen LogP contribution in [0.1, 0.15) is 22.3 Å². The lowest BCUT2D eigenvalue weighted by molar-refractivity contribution is -0.118. The van der Waals surface area contributed by atoms with Crippen LogP contribution in [0, 0.1) is 5.82 Å². The van der Waals surface area contributed by atoms with Crippen molar-refractivity contribution in [3.05, 3.63) is 89.7 Å². The highest BCUT2D eigenvalue weighted by Gasteiger charge is 2.23.